The van der Waals surface area contributed by atoms with Gasteiger partial charge in [-0.25, -0.2) is 9.59 Å². The van der Waals surface area contributed by atoms with Crippen LogP contribution < -0.4 is 5.11 Å². The molecule has 0 aliphatic carbocycles. The number of nitrogens with zero attached hydrogens (tertiary/aromatic N) is 1. The molecule has 0 saturated carbocycles. The maximum atomic E-state index is 11.7. The molecule has 34 heavy (non-hydrogen) atoms. The highest BCUT2D eigenvalue weighted by atomic mass is 16.4. The first-order valence-corrected chi connectivity index (χ1v) is 13.3. The zero-order chi connectivity index (χ0) is 26.0. The van der Waals surface area contributed by atoms with Crippen LogP contribution in [0.1, 0.15) is 118 Å². The van der Waals surface area contributed by atoms with E-state index in [1.54, 1.807) is 0 Å². The fourth-order valence-corrected chi connectivity index (χ4v) is 4.83. The van der Waals surface area contributed by atoms with Crippen molar-refractivity contribution in [3.63, 3.8) is 0 Å². The predicted molar refractivity (Wildman–Crippen MR) is 133 cm³/mol. The monoisotopic (exact) mass is 483 g/mol. The second-order valence-corrected chi connectivity index (χ2v) is 9.68. The van der Waals surface area contributed by atoms with Gasteiger partial charge in [0.1, 0.15) is 6.04 Å². The summed E-state index contributed by atoms with van der Waals surface area (Å²) in [7, 11) is 0. The van der Waals surface area contributed by atoms with Crippen molar-refractivity contribution in [2.45, 2.75) is 136 Å². The number of carbonyl (C=O) groups is 3. The Hall–Kier alpha value is -1.89. The molecule has 0 bridgehead atoms. The van der Waals surface area contributed by atoms with E-state index in [1.165, 1.54) is 65.7 Å². The maximum absolute atomic E-state index is 11.7. The fourth-order valence-electron chi connectivity index (χ4n) is 4.83. The SMILES string of the molecule is CCCCCCCC/C=C/CCCCCCCC[N+](C(C)C(=O)[O-])(C(C)C(=O)O)C(C)C(=O)O. The molecular formula is C27H49NO6. The molecule has 7 heteroatoms. The van der Waals surface area contributed by atoms with Gasteiger partial charge in [0.25, 0.3) is 0 Å². The third-order valence-corrected chi connectivity index (χ3v) is 7.28. The topological polar surface area (TPSA) is 115 Å². The van der Waals surface area contributed by atoms with Crippen LogP contribution in [0.2, 0.25) is 0 Å². The Bertz CT molecular complexity index is 568. The molecule has 0 rings (SSSR count). The van der Waals surface area contributed by atoms with Crippen molar-refractivity contribution in [2.75, 3.05) is 6.54 Å². The molecule has 3 unspecified atom stereocenters. The minimum Gasteiger partial charge on any atom is -0.544 e. The Morgan fingerprint density at radius 3 is 1.44 bits per heavy atom. The molecule has 0 aromatic rings. The Labute approximate surface area is 206 Å². The largest absolute Gasteiger partial charge is 0.544 e. The molecule has 0 spiro atoms. The highest BCUT2D eigenvalue weighted by Gasteiger charge is 2.50. The molecule has 0 saturated heterocycles. The molecule has 0 heterocycles. The number of carboxylic acids is 3. The van der Waals surface area contributed by atoms with Crippen LogP contribution >= 0.6 is 0 Å². The third-order valence-electron chi connectivity index (χ3n) is 7.28. The highest BCUT2D eigenvalue weighted by molar-refractivity contribution is 5.76. The molecule has 0 aromatic heterocycles. The predicted octanol–water partition coefficient (Wildman–Crippen LogP) is 4.93. The standard InChI is InChI=1S/C27H49NO6/c1-5-6-7-8-9-10-11-12-13-14-15-16-17-18-19-20-21-28(22(2)25(29)30,23(3)26(31)32)24(4)27(33)34/h12-13,22-24H,5-11,14-21H2,1-4H3,(H2-,29,30,31,32,33,34)/b13-12+. The molecule has 198 valence electrons. The van der Waals surface area contributed by atoms with Gasteiger partial charge in [0, 0.05) is 0 Å². The number of carboxylic acid groups (broad SMARTS) is 3. The Morgan fingerprint density at radius 2 is 1.06 bits per heavy atom. The van der Waals surface area contributed by atoms with E-state index in [2.05, 4.69) is 19.1 Å². The van der Waals surface area contributed by atoms with Gasteiger partial charge in [0.15, 0.2) is 12.1 Å². The normalized spacial score (nSPS) is 16.1. The molecule has 0 aliphatic heterocycles. The van der Waals surface area contributed by atoms with Crippen LogP contribution in [0.3, 0.4) is 0 Å². The van der Waals surface area contributed by atoms with Crippen molar-refractivity contribution in [3.8, 4) is 0 Å². The maximum Gasteiger partial charge on any atom is 0.362 e. The lowest BCUT2D eigenvalue weighted by Gasteiger charge is -2.49. The van der Waals surface area contributed by atoms with Gasteiger partial charge in [0.05, 0.1) is 12.5 Å². The number of carbonyl (C=O) groups excluding carboxylic acids is 1. The van der Waals surface area contributed by atoms with Gasteiger partial charge in [-0.1, -0.05) is 70.4 Å². The van der Waals surface area contributed by atoms with Crippen LogP contribution in [0.4, 0.5) is 0 Å². The zero-order valence-electron chi connectivity index (χ0n) is 22.0. The number of aliphatic carboxylic acids is 3. The molecule has 0 fully saturated rings. The summed E-state index contributed by atoms with van der Waals surface area (Å²) in [5.41, 5.74) is 0. The first-order chi connectivity index (χ1) is 16.1. The van der Waals surface area contributed by atoms with E-state index < -0.39 is 40.5 Å². The van der Waals surface area contributed by atoms with E-state index in [-0.39, 0.29) is 6.54 Å². The van der Waals surface area contributed by atoms with Gasteiger partial charge in [-0.3, -0.25) is 4.48 Å². The van der Waals surface area contributed by atoms with Crippen molar-refractivity contribution in [1.82, 2.24) is 0 Å². The van der Waals surface area contributed by atoms with Gasteiger partial charge < -0.3 is 20.1 Å². The number of rotatable bonds is 22. The third kappa shape index (κ3) is 11.5. The molecule has 7 nitrogen and oxygen atoms in total. The highest BCUT2D eigenvalue weighted by Crippen LogP contribution is 2.27. The van der Waals surface area contributed by atoms with Gasteiger partial charge in [-0.15, -0.1) is 0 Å². The minimum absolute atomic E-state index is 0.178. The average Bonchev–Trinajstić information content (AvgIpc) is 2.80. The average molecular weight is 484 g/mol. The molecule has 0 aliphatic rings. The molecule has 0 amide bonds. The van der Waals surface area contributed by atoms with Crippen LogP contribution in [-0.2, 0) is 14.4 Å². The van der Waals surface area contributed by atoms with Gasteiger partial charge in [-0.2, -0.15) is 0 Å². The van der Waals surface area contributed by atoms with E-state index in [0.717, 1.165) is 38.5 Å². The van der Waals surface area contributed by atoms with Gasteiger partial charge in [0.2, 0.25) is 0 Å². The summed E-state index contributed by atoms with van der Waals surface area (Å²) in [6.07, 6.45) is 20.4. The number of allylic oxidation sites excluding steroid dienone is 2. The molecular weight excluding hydrogens is 434 g/mol. The lowest BCUT2D eigenvalue weighted by molar-refractivity contribution is -0.969. The van der Waals surface area contributed by atoms with E-state index in [9.17, 15) is 29.7 Å². The molecule has 0 aromatic carbocycles. The lowest BCUT2D eigenvalue weighted by Crippen LogP contribution is -2.72. The number of hydrogen-bond donors (Lipinski definition) is 2. The quantitative estimate of drug-likeness (QED) is 0.128. The van der Waals surface area contributed by atoms with Crippen LogP contribution in [0, 0.1) is 0 Å². The summed E-state index contributed by atoms with van der Waals surface area (Å²) >= 11 is 0. The first kappa shape index (κ1) is 32.1. The summed E-state index contributed by atoms with van der Waals surface area (Å²) in [5.74, 6) is -3.83. The Balaban J connectivity index is 4.38. The molecule has 2 N–H and O–H groups in total. The van der Waals surface area contributed by atoms with Crippen LogP contribution in [0.25, 0.3) is 0 Å². The zero-order valence-corrected chi connectivity index (χ0v) is 22.0. The Morgan fingerprint density at radius 1 is 0.676 bits per heavy atom. The summed E-state index contributed by atoms with van der Waals surface area (Å²) in [4.78, 5) is 35.1. The summed E-state index contributed by atoms with van der Waals surface area (Å²) in [6, 6.07) is -3.57. The minimum atomic E-state index is -1.43. The van der Waals surface area contributed by atoms with Gasteiger partial charge in [-0.05, 0) is 59.3 Å². The number of quaternary nitrogens is 1. The first-order valence-electron chi connectivity index (χ1n) is 13.3. The van der Waals surface area contributed by atoms with Crippen LogP contribution in [0.15, 0.2) is 12.2 Å². The van der Waals surface area contributed by atoms with E-state index in [1.807, 2.05) is 0 Å². The molecule has 0 radical (unpaired) electrons. The summed E-state index contributed by atoms with van der Waals surface area (Å²) in [5, 5.41) is 30.8. The van der Waals surface area contributed by atoms with Gasteiger partial charge >= 0.3 is 11.9 Å². The number of unbranched alkanes of at least 4 members (excludes halogenated alkanes) is 12. The van der Waals surface area contributed by atoms with E-state index in [4.69, 9.17) is 0 Å². The summed E-state index contributed by atoms with van der Waals surface area (Å²) in [6.45, 7) is 6.55. The molecule has 3 atom stereocenters. The van der Waals surface area contributed by atoms with Crippen molar-refractivity contribution >= 4 is 17.9 Å². The van der Waals surface area contributed by atoms with Crippen molar-refractivity contribution in [2.24, 2.45) is 0 Å². The Kier molecular flexibility index (Phi) is 17.4. The number of hydrogen-bond acceptors (Lipinski definition) is 4. The van der Waals surface area contributed by atoms with E-state index >= 15 is 0 Å². The van der Waals surface area contributed by atoms with Crippen molar-refractivity contribution in [1.29, 1.82) is 0 Å². The van der Waals surface area contributed by atoms with Crippen LogP contribution in [0.5, 0.6) is 0 Å². The summed E-state index contributed by atoms with van der Waals surface area (Å²) < 4.78 is -0.545. The smallest absolute Gasteiger partial charge is 0.362 e. The lowest BCUT2D eigenvalue weighted by atomic mass is 10.00. The van der Waals surface area contributed by atoms with E-state index in [0.29, 0.717) is 6.42 Å². The fraction of sp³-hybridized carbons (Fsp3) is 0.815. The second kappa shape index (κ2) is 18.4. The van der Waals surface area contributed by atoms with Crippen molar-refractivity contribution < 1.29 is 34.2 Å². The van der Waals surface area contributed by atoms with Crippen molar-refractivity contribution in [3.05, 3.63) is 12.2 Å². The second-order valence-electron chi connectivity index (χ2n) is 9.68. The van der Waals surface area contributed by atoms with Crippen LogP contribution in [-0.4, -0.2) is 57.3 Å².